The van der Waals surface area contributed by atoms with Crippen LogP contribution in [-0.4, -0.2) is 83.6 Å². The maximum Gasteiger partial charge on any atom is 0.225 e. The molecule has 0 atom stereocenters. The monoisotopic (exact) mass is 556 g/mol. The molecular formula is C21H33IN8S. The molecule has 0 unspecified atom stereocenters. The maximum atomic E-state index is 4.60. The Labute approximate surface area is 206 Å². The number of guanidine groups is 1. The molecule has 0 aliphatic carbocycles. The van der Waals surface area contributed by atoms with Crippen molar-refractivity contribution in [2.75, 3.05) is 57.8 Å². The first-order chi connectivity index (χ1) is 14.7. The molecule has 2 aromatic rings. The highest BCUT2D eigenvalue weighted by Gasteiger charge is 2.23. The lowest BCUT2D eigenvalue weighted by molar-refractivity contribution is 0.176. The molecule has 10 heteroatoms. The van der Waals surface area contributed by atoms with Crippen LogP contribution in [0.5, 0.6) is 0 Å². The quantitative estimate of drug-likeness (QED) is 0.345. The van der Waals surface area contributed by atoms with Gasteiger partial charge in [-0.15, -0.1) is 35.3 Å². The molecule has 0 radical (unpaired) electrons. The van der Waals surface area contributed by atoms with Crippen LogP contribution in [-0.2, 0) is 6.54 Å². The summed E-state index contributed by atoms with van der Waals surface area (Å²) in [5.41, 5.74) is 1.22. The number of nitrogens with one attached hydrogen (secondary N) is 1. The summed E-state index contributed by atoms with van der Waals surface area (Å²) in [5, 5.41) is 6.98. The standard InChI is InChI=1S/C21H32N8S.HI/c1-17-26-19(16-30-17)15-27-8-4-18(5-9-27)14-25-20(22-2)28-10-12-29(13-11-28)21-23-6-3-7-24-21;/h3,6-7,16,18H,4-5,8-15H2,1-2H3,(H,22,25);1H. The van der Waals surface area contributed by atoms with E-state index in [1.54, 1.807) is 23.7 Å². The number of hydrogen-bond donors (Lipinski definition) is 1. The molecule has 4 rings (SSSR count). The van der Waals surface area contributed by atoms with E-state index >= 15 is 0 Å². The van der Waals surface area contributed by atoms with E-state index in [9.17, 15) is 0 Å². The lowest BCUT2D eigenvalue weighted by Crippen LogP contribution is -2.53. The fourth-order valence-corrected chi connectivity index (χ4v) is 4.80. The molecule has 4 heterocycles. The van der Waals surface area contributed by atoms with Crippen molar-refractivity contribution in [3.8, 4) is 0 Å². The fraction of sp³-hybridized carbons (Fsp3) is 0.619. The first-order valence-electron chi connectivity index (χ1n) is 10.8. The lowest BCUT2D eigenvalue weighted by atomic mass is 9.97. The summed E-state index contributed by atoms with van der Waals surface area (Å²) in [6, 6.07) is 1.86. The number of halogens is 1. The minimum absolute atomic E-state index is 0. The number of piperidine rings is 1. The second-order valence-electron chi connectivity index (χ2n) is 8.03. The average Bonchev–Trinajstić information content (AvgIpc) is 3.21. The van der Waals surface area contributed by atoms with Crippen LogP contribution in [0, 0.1) is 12.8 Å². The summed E-state index contributed by atoms with van der Waals surface area (Å²) in [6.07, 6.45) is 6.06. The van der Waals surface area contributed by atoms with Gasteiger partial charge in [-0.1, -0.05) is 0 Å². The van der Waals surface area contributed by atoms with Gasteiger partial charge in [-0.05, 0) is 44.8 Å². The van der Waals surface area contributed by atoms with Crippen LogP contribution in [0.2, 0.25) is 0 Å². The van der Waals surface area contributed by atoms with Crippen molar-refractivity contribution in [3.05, 3.63) is 34.5 Å². The van der Waals surface area contributed by atoms with E-state index in [2.05, 4.69) is 52.3 Å². The zero-order valence-electron chi connectivity index (χ0n) is 18.4. The van der Waals surface area contributed by atoms with Crippen LogP contribution in [0.3, 0.4) is 0 Å². The molecule has 2 saturated heterocycles. The third kappa shape index (κ3) is 6.72. The van der Waals surface area contributed by atoms with E-state index in [4.69, 9.17) is 0 Å². The fourth-order valence-electron chi connectivity index (χ4n) is 4.20. The van der Waals surface area contributed by atoms with Crippen molar-refractivity contribution >= 4 is 47.2 Å². The Hall–Kier alpha value is -1.53. The van der Waals surface area contributed by atoms with Gasteiger partial charge in [0.25, 0.3) is 0 Å². The van der Waals surface area contributed by atoms with Crippen molar-refractivity contribution in [2.24, 2.45) is 10.9 Å². The number of nitrogens with zero attached hydrogens (tertiary/aromatic N) is 7. The largest absolute Gasteiger partial charge is 0.356 e. The molecule has 8 nitrogen and oxygen atoms in total. The van der Waals surface area contributed by atoms with Gasteiger partial charge in [0.1, 0.15) is 0 Å². The van der Waals surface area contributed by atoms with E-state index < -0.39 is 0 Å². The van der Waals surface area contributed by atoms with Gasteiger partial charge >= 0.3 is 0 Å². The number of rotatable bonds is 5. The minimum Gasteiger partial charge on any atom is -0.356 e. The number of aliphatic imine (C=N–C) groups is 1. The van der Waals surface area contributed by atoms with Gasteiger partial charge in [0.05, 0.1) is 10.7 Å². The normalized spacial score (nSPS) is 18.7. The molecule has 31 heavy (non-hydrogen) atoms. The molecule has 0 aromatic carbocycles. The van der Waals surface area contributed by atoms with E-state index in [1.165, 1.54) is 18.5 Å². The van der Waals surface area contributed by atoms with Crippen molar-refractivity contribution in [2.45, 2.75) is 26.3 Å². The van der Waals surface area contributed by atoms with Gasteiger partial charge in [0.15, 0.2) is 5.96 Å². The highest BCUT2D eigenvalue weighted by atomic mass is 127. The molecule has 0 spiro atoms. The van der Waals surface area contributed by atoms with Crippen LogP contribution in [0.4, 0.5) is 5.95 Å². The number of likely N-dealkylation sites (tertiary alicyclic amines) is 1. The Morgan fingerprint density at radius 2 is 1.84 bits per heavy atom. The zero-order valence-corrected chi connectivity index (χ0v) is 21.6. The van der Waals surface area contributed by atoms with Crippen LogP contribution >= 0.6 is 35.3 Å². The minimum atomic E-state index is 0. The third-order valence-electron chi connectivity index (χ3n) is 5.93. The highest BCUT2D eigenvalue weighted by Crippen LogP contribution is 2.19. The summed E-state index contributed by atoms with van der Waals surface area (Å²) in [4.78, 5) is 25.0. The number of aryl methyl sites for hydroxylation is 1. The second kappa shape index (κ2) is 11.9. The molecule has 0 bridgehead atoms. The van der Waals surface area contributed by atoms with Crippen molar-refractivity contribution in [1.29, 1.82) is 0 Å². The van der Waals surface area contributed by atoms with Gasteiger partial charge in [0.2, 0.25) is 5.95 Å². The number of aromatic nitrogens is 3. The molecule has 2 aliphatic rings. The Bertz CT molecular complexity index is 814. The molecule has 2 aliphatic heterocycles. The summed E-state index contributed by atoms with van der Waals surface area (Å²) in [5.74, 6) is 2.54. The predicted octanol–water partition coefficient (Wildman–Crippen LogP) is 2.47. The van der Waals surface area contributed by atoms with Gasteiger partial charge < -0.3 is 15.1 Å². The van der Waals surface area contributed by atoms with Crippen molar-refractivity contribution in [3.63, 3.8) is 0 Å². The zero-order chi connectivity index (χ0) is 20.8. The summed E-state index contributed by atoms with van der Waals surface area (Å²) in [7, 11) is 1.88. The predicted molar refractivity (Wildman–Crippen MR) is 137 cm³/mol. The van der Waals surface area contributed by atoms with Gasteiger partial charge in [-0.25, -0.2) is 15.0 Å². The number of piperazine rings is 1. The summed E-state index contributed by atoms with van der Waals surface area (Å²) >= 11 is 1.74. The van der Waals surface area contributed by atoms with Crippen LogP contribution in [0.1, 0.15) is 23.5 Å². The van der Waals surface area contributed by atoms with E-state index in [0.717, 1.165) is 69.3 Å². The van der Waals surface area contributed by atoms with Crippen molar-refractivity contribution < 1.29 is 0 Å². The number of hydrogen-bond acceptors (Lipinski definition) is 7. The van der Waals surface area contributed by atoms with Gasteiger partial charge in [0, 0.05) is 64.1 Å². The molecule has 2 fully saturated rings. The summed E-state index contributed by atoms with van der Waals surface area (Å²) in [6.45, 7) is 10.1. The molecule has 0 amide bonds. The topological polar surface area (TPSA) is 72.8 Å². The maximum absolute atomic E-state index is 4.60. The molecule has 2 aromatic heterocycles. The molecule has 1 N–H and O–H groups in total. The molecular weight excluding hydrogens is 523 g/mol. The van der Waals surface area contributed by atoms with Crippen LogP contribution in [0.25, 0.3) is 0 Å². The van der Waals surface area contributed by atoms with Crippen LogP contribution in [0.15, 0.2) is 28.8 Å². The van der Waals surface area contributed by atoms with Gasteiger partial charge in [-0.3, -0.25) is 9.89 Å². The van der Waals surface area contributed by atoms with Gasteiger partial charge in [-0.2, -0.15) is 0 Å². The lowest BCUT2D eigenvalue weighted by Gasteiger charge is -2.37. The average molecular weight is 557 g/mol. The van der Waals surface area contributed by atoms with Crippen molar-refractivity contribution in [1.82, 2.24) is 30.1 Å². The van der Waals surface area contributed by atoms with E-state index in [-0.39, 0.29) is 24.0 Å². The third-order valence-corrected chi connectivity index (χ3v) is 6.76. The first kappa shape index (κ1) is 24.1. The molecule has 0 saturated carbocycles. The summed E-state index contributed by atoms with van der Waals surface area (Å²) < 4.78 is 0. The van der Waals surface area contributed by atoms with Crippen LogP contribution < -0.4 is 10.2 Å². The number of anilines is 1. The second-order valence-corrected chi connectivity index (χ2v) is 9.09. The Balaban J connectivity index is 0.00000272. The highest BCUT2D eigenvalue weighted by molar-refractivity contribution is 14.0. The van der Waals surface area contributed by atoms with E-state index in [1.807, 2.05) is 13.1 Å². The molecule has 170 valence electrons. The SMILES string of the molecule is CN=C(NCC1CCN(Cc2csc(C)n2)CC1)N1CCN(c2ncccn2)CC1.I. The first-order valence-corrected chi connectivity index (χ1v) is 11.7. The Morgan fingerprint density at radius 1 is 1.13 bits per heavy atom. The Morgan fingerprint density at radius 3 is 2.45 bits per heavy atom. The Kier molecular flexibility index (Phi) is 9.27. The number of thiazole rings is 1. The smallest absolute Gasteiger partial charge is 0.225 e. The van der Waals surface area contributed by atoms with E-state index in [0.29, 0.717) is 5.92 Å².